The fraction of sp³-hybridized carbons (Fsp3) is 0.667. The molecule has 0 saturated carbocycles. The predicted octanol–water partition coefficient (Wildman–Crippen LogP) is 4.11. The van der Waals surface area contributed by atoms with Gasteiger partial charge in [-0.15, -0.1) is 10.2 Å². The third kappa shape index (κ3) is 8.21. The van der Waals surface area contributed by atoms with Crippen LogP contribution >= 0.6 is 0 Å². The summed E-state index contributed by atoms with van der Waals surface area (Å²) in [5, 5.41) is 19.4. The second kappa shape index (κ2) is 15.2. The molecular formula is C33H50N6O6. The molecule has 2 saturated heterocycles. The van der Waals surface area contributed by atoms with E-state index in [4.69, 9.17) is 9.47 Å². The van der Waals surface area contributed by atoms with Crippen molar-refractivity contribution in [2.75, 3.05) is 53.1 Å². The largest absolute Gasteiger partial charge is 0.465 e. The number of aromatic nitrogens is 3. The van der Waals surface area contributed by atoms with Gasteiger partial charge < -0.3 is 33.8 Å². The summed E-state index contributed by atoms with van der Waals surface area (Å²) >= 11 is 0. The fourth-order valence-electron chi connectivity index (χ4n) is 6.69. The molecule has 4 rings (SSSR count). The highest BCUT2D eigenvalue weighted by Gasteiger charge is 2.50. The molecule has 2 aliphatic heterocycles. The number of carboxylic acid groups (broad SMARTS) is 1. The summed E-state index contributed by atoms with van der Waals surface area (Å²) in [4.78, 5) is 46.3. The van der Waals surface area contributed by atoms with E-state index in [1.807, 2.05) is 69.5 Å². The first-order valence-electron chi connectivity index (χ1n) is 16.1. The standard InChI is InChI=1S/C33H50N6O6/c1-23(2)21-38(31(41)29-35-34-28(24-12-8-7-9-13-24)37(29)14-10-11-17-44-6)26-20-25(30(40)36-15-18-45-19-16-36)22-39(32(42)43)27(26)33(3,4)5/h7-9,12-13,23,25-27H,10-11,14-22H2,1-6H3,(H,42,43)/t25-,26+,27?/m1/s1. The Morgan fingerprint density at radius 1 is 1.09 bits per heavy atom. The van der Waals surface area contributed by atoms with Crippen molar-refractivity contribution >= 4 is 17.9 Å². The highest BCUT2D eigenvalue weighted by Crippen LogP contribution is 2.38. The van der Waals surface area contributed by atoms with Gasteiger partial charge in [0.2, 0.25) is 11.7 Å². The van der Waals surface area contributed by atoms with Crippen LogP contribution in [0, 0.1) is 17.3 Å². The number of rotatable bonds is 11. The zero-order valence-electron chi connectivity index (χ0n) is 27.6. The van der Waals surface area contributed by atoms with Gasteiger partial charge >= 0.3 is 6.09 Å². The summed E-state index contributed by atoms with van der Waals surface area (Å²) in [6.07, 6.45) is 0.824. The molecule has 2 aromatic rings. The van der Waals surface area contributed by atoms with Crippen LogP contribution in [0.1, 0.15) is 64.5 Å². The minimum Gasteiger partial charge on any atom is -0.465 e. The minimum atomic E-state index is -1.09. The summed E-state index contributed by atoms with van der Waals surface area (Å²) in [5.74, 6) is -0.0971. The van der Waals surface area contributed by atoms with Crippen LogP contribution in [-0.4, -0.2) is 118 Å². The van der Waals surface area contributed by atoms with Crippen molar-refractivity contribution in [2.45, 2.75) is 72.5 Å². The van der Waals surface area contributed by atoms with Crippen molar-refractivity contribution in [2.24, 2.45) is 17.3 Å². The highest BCUT2D eigenvalue weighted by molar-refractivity contribution is 5.92. The van der Waals surface area contributed by atoms with Gasteiger partial charge in [-0.05, 0) is 30.6 Å². The lowest BCUT2D eigenvalue weighted by atomic mass is 9.74. The van der Waals surface area contributed by atoms with Crippen molar-refractivity contribution in [3.05, 3.63) is 36.2 Å². The Morgan fingerprint density at radius 2 is 1.78 bits per heavy atom. The lowest BCUT2D eigenvalue weighted by Crippen LogP contribution is -2.66. The average molecular weight is 627 g/mol. The van der Waals surface area contributed by atoms with Crippen molar-refractivity contribution in [1.29, 1.82) is 0 Å². The summed E-state index contributed by atoms with van der Waals surface area (Å²) in [7, 11) is 1.67. The molecule has 1 N–H and O–H groups in total. The van der Waals surface area contributed by atoms with E-state index in [1.165, 1.54) is 4.90 Å². The van der Waals surface area contributed by atoms with Crippen LogP contribution in [0.15, 0.2) is 30.3 Å². The Morgan fingerprint density at radius 3 is 2.38 bits per heavy atom. The number of carbonyl (C=O) groups is 3. The Hall–Kier alpha value is -3.51. The van der Waals surface area contributed by atoms with E-state index in [0.29, 0.717) is 58.2 Å². The third-order valence-corrected chi connectivity index (χ3v) is 8.63. The topological polar surface area (TPSA) is 130 Å². The molecule has 3 amide bonds. The molecule has 3 heterocycles. The maximum Gasteiger partial charge on any atom is 0.407 e. The van der Waals surface area contributed by atoms with Gasteiger partial charge in [-0.3, -0.25) is 9.59 Å². The summed E-state index contributed by atoms with van der Waals surface area (Å²) in [6.45, 7) is 13.5. The van der Waals surface area contributed by atoms with E-state index in [1.54, 1.807) is 16.9 Å². The molecule has 0 bridgehead atoms. The number of likely N-dealkylation sites (tertiary alicyclic amines) is 1. The second-order valence-electron chi connectivity index (χ2n) is 13.6. The number of carbonyl (C=O) groups excluding carboxylic acids is 2. The first-order valence-corrected chi connectivity index (χ1v) is 16.1. The van der Waals surface area contributed by atoms with Crippen LogP contribution in [0.25, 0.3) is 11.4 Å². The molecule has 0 radical (unpaired) electrons. The van der Waals surface area contributed by atoms with Gasteiger partial charge in [0.1, 0.15) is 0 Å². The number of hydrogen-bond acceptors (Lipinski definition) is 7. The maximum atomic E-state index is 14.8. The number of morpholine rings is 1. The van der Waals surface area contributed by atoms with Gasteiger partial charge in [-0.25, -0.2) is 4.79 Å². The lowest BCUT2D eigenvalue weighted by Gasteiger charge is -2.52. The van der Waals surface area contributed by atoms with Crippen LogP contribution in [0.2, 0.25) is 0 Å². The van der Waals surface area contributed by atoms with E-state index < -0.39 is 29.5 Å². The molecule has 12 heteroatoms. The van der Waals surface area contributed by atoms with Crippen LogP contribution < -0.4 is 0 Å². The fourth-order valence-corrected chi connectivity index (χ4v) is 6.69. The first kappa shape index (κ1) is 34.4. The Kier molecular flexibility index (Phi) is 11.6. The summed E-state index contributed by atoms with van der Waals surface area (Å²) in [6, 6.07) is 8.56. The van der Waals surface area contributed by atoms with Crippen molar-refractivity contribution in [3.63, 3.8) is 0 Å². The Balaban J connectivity index is 1.78. The van der Waals surface area contributed by atoms with Gasteiger partial charge in [-0.2, -0.15) is 0 Å². The molecule has 1 aromatic heterocycles. The number of amides is 3. The summed E-state index contributed by atoms with van der Waals surface area (Å²) < 4.78 is 12.6. The van der Waals surface area contributed by atoms with Crippen LogP contribution in [0.5, 0.6) is 0 Å². The second-order valence-corrected chi connectivity index (χ2v) is 13.6. The summed E-state index contributed by atoms with van der Waals surface area (Å²) in [5.41, 5.74) is 0.332. The monoisotopic (exact) mass is 626 g/mol. The molecule has 2 aliphatic rings. The van der Waals surface area contributed by atoms with Gasteiger partial charge in [0.25, 0.3) is 5.91 Å². The predicted molar refractivity (Wildman–Crippen MR) is 170 cm³/mol. The van der Waals surface area contributed by atoms with Crippen molar-refractivity contribution in [1.82, 2.24) is 29.5 Å². The van der Waals surface area contributed by atoms with Crippen LogP contribution in [-0.2, 0) is 20.8 Å². The molecule has 0 spiro atoms. The van der Waals surface area contributed by atoms with Gasteiger partial charge in [0.15, 0.2) is 5.82 Å². The van der Waals surface area contributed by atoms with Gasteiger partial charge in [-0.1, -0.05) is 65.0 Å². The zero-order valence-corrected chi connectivity index (χ0v) is 27.6. The van der Waals surface area contributed by atoms with Crippen LogP contribution in [0.4, 0.5) is 4.79 Å². The number of piperidine rings is 1. The van der Waals surface area contributed by atoms with E-state index >= 15 is 0 Å². The normalized spacial score (nSPS) is 20.8. The van der Waals surface area contributed by atoms with E-state index in [0.717, 1.165) is 18.4 Å². The Labute approximate surface area is 266 Å². The number of ether oxygens (including phenoxy) is 2. The van der Waals surface area contributed by atoms with Gasteiger partial charge in [0.05, 0.1) is 31.2 Å². The number of benzene rings is 1. The van der Waals surface area contributed by atoms with Crippen molar-refractivity contribution in [3.8, 4) is 11.4 Å². The smallest absolute Gasteiger partial charge is 0.407 e. The molecule has 1 aromatic carbocycles. The third-order valence-electron chi connectivity index (χ3n) is 8.63. The molecule has 2 fully saturated rings. The quantitative estimate of drug-likeness (QED) is 0.369. The maximum absolute atomic E-state index is 14.8. The molecule has 45 heavy (non-hydrogen) atoms. The Bertz CT molecular complexity index is 1290. The van der Waals surface area contributed by atoms with E-state index in [-0.39, 0.29) is 30.1 Å². The molecule has 3 atom stereocenters. The average Bonchev–Trinajstić information content (AvgIpc) is 3.44. The van der Waals surface area contributed by atoms with E-state index in [9.17, 15) is 19.5 Å². The number of methoxy groups -OCH3 is 1. The van der Waals surface area contributed by atoms with Crippen molar-refractivity contribution < 1.29 is 29.0 Å². The van der Waals surface area contributed by atoms with Crippen LogP contribution in [0.3, 0.4) is 0 Å². The zero-order chi connectivity index (χ0) is 32.7. The SMILES string of the molecule is COCCCCn1c(C(=O)N(CC(C)C)[C@H]2C[C@@H](C(=O)N3CCOCC3)CN(C(=O)O)C2C(C)(C)C)nnc1-c1ccccc1. The lowest BCUT2D eigenvalue weighted by molar-refractivity contribution is -0.144. The molecule has 12 nitrogen and oxygen atoms in total. The minimum absolute atomic E-state index is 0.0786. The first-order chi connectivity index (χ1) is 21.4. The molecule has 0 aliphatic carbocycles. The number of nitrogens with zero attached hydrogens (tertiary/aromatic N) is 6. The molecule has 248 valence electrons. The number of unbranched alkanes of at least 4 members (excludes halogenated alkanes) is 1. The molecular weight excluding hydrogens is 576 g/mol. The molecule has 1 unspecified atom stereocenters. The van der Waals surface area contributed by atoms with Gasteiger partial charge in [0, 0.05) is 52.0 Å². The number of hydrogen-bond donors (Lipinski definition) is 1. The highest BCUT2D eigenvalue weighted by atomic mass is 16.5. The van der Waals surface area contributed by atoms with E-state index in [2.05, 4.69) is 10.2 Å².